The molecule has 0 radical (unpaired) electrons. The lowest BCUT2D eigenvalue weighted by atomic mass is 9.92. The summed E-state index contributed by atoms with van der Waals surface area (Å²) in [5.74, 6) is 0. The summed E-state index contributed by atoms with van der Waals surface area (Å²) >= 11 is 0. The van der Waals surface area contributed by atoms with Crippen molar-refractivity contribution in [2.45, 2.75) is 32.2 Å². The quantitative estimate of drug-likeness (QED) is 0.690. The summed E-state index contributed by atoms with van der Waals surface area (Å²) in [6.45, 7) is 2.08. The molecule has 1 fully saturated rings. The molecule has 2 heterocycles. The monoisotopic (exact) mass is 287 g/mol. The molecule has 0 spiro atoms. The number of hydrogen-bond donors (Lipinski definition) is 0. The molecule has 0 aliphatic heterocycles. The first-order valence-corrected chi connectivity index (χ1v) is 7.75. The van der Waals surface area contributed by atoms with Gasteiger partial charge in [-0.3, -0.25) is 0 Å². The van der Waals surface area contributed by atoms with Crippen molar-refractivity contribution in [1.82, 2.24) is 9.55 Å². The Kier molecular flexibility index (Phi) is 2.97. The van der Waals surface area contributed by atoms with Crippen molar-refractivity contribution in [1.29, 1.82) is 5.26 Å². The standard InChI is InChI=1S/C19H17N3/c1-13-7-9-14(10-8-13)18-17(12-20)16-6-3-11-21-19(16)22(18)15-4-2-5-15/h3,6-11,15H,2,4-5H2,1H3. The van der Waals surface area contributed by atoms with E-state index in [9.17, 15) is 5.26 Å². The summed E-state index contributed by atoms with van der Waals surface area (Å²) in [5, 5.41) is 10.7. The van der Waals surface area contributed by atoms with Crippen LogP contribution in [0.2, 0.25) is 0 Å². The Balaban J connectivity index is 2.07. The van der Waals surface area contributed by atoms with Gasteiger partial charge in [0.05, 0.1) is 11.3 Å². The highest BCUT2D eigenvalue weighted by atomic mass is 15.1. The average molecular weight is 287 g/mol. The van der Waals surface area contributed by atoms with Crippen molar-refractivity contribution < 1.29 is 0 Å². The molecule has 0 saturated heterocycles. The van der Waals surface area contributed by atoms with Gasteiger partial charge >= 0.3 is 0 Å². The molecule has 3 nitrogen and oxygen atoms in total. The Labute approximate surface area is 129 Å². The van der Waals surface area contributed by atoms with Gasteiger partial charge in [0, 0.05) is 17.6 Å². The third-order valence-corrected chi connectivity index (χ3v) is 4.64. The lowest BCUT2D eigenvalue weighted by Crippen LogP contribution is -2.18. The van der Waals surface area contributed by atoms with Crippen LogP contribution in [0.5, 0.6) is 0 Å². The first kappa shape index (κ1) is 13.1. The number of benzene rings is 1. The van der Waals surface area contributed by atoms with Gasteiger partial charge in [-0.15, -0.1) is 0 Å². The van der Waals surface area contributed by atoms with Crippen molar-refractivity contribution in [3.63, 3.8) is 0 Å². The van der Waals surface area contributed by atoms with Crippen LogP contribution in [0, 0.1) is 18.3 Å². The van der Waals surface area contributed by atoms with Gasteiger partial charge in [0.15, 0.2) is 0 Å². The molecular weight excluding hydrogens is 270 g/mol. The zero-order valence-corrected chi connectivity index (χ0v) is 12.6. The summed E-state index contributed by atoms with van der Waals surface area (Å²) in [6.07, 6.45) is 5.41. The Bertz CT molecular complexity index is 877. The Morgan fingerprint density at radius 1 is 1.18 bits per heavy atom. The molecule has 0 amide bonds. The summed E-state index contributed by atoms with van der Waals surface area (Å²) in [5.41, 5.74) is 5.05. The number of pyridine rings is 1. The Morgan fingerprint density at radius 3 is 2.59 bits per heavy atom. The van der Waals surface area contributed by atoms with E-state index in [4.69, 9.17) is 0 Å². The molecule has 4 rings (SSSR count). The minimum atomic E-state index is 0.468. The largest absolute Gasteiger partial charge is 0.321 e. The minimum Gasteiger partial charge on any atom is -0.321 e. The van der Waals surface area contributed by atoms with Crippen LogP contribution in [0.3, 0.4) is 0 Å². The average Bonchev–Trinajstić information content (AvgIpc) is 2.81. The van der Waals surface area contributed by atoms with Gasteiger partial charge < -0.3 is 4.57 Å². The molecule has 0 atom stereocenters. The molecule has 0 bridgehead atoms. The molecule has 1 aliphatic carbocycles. The van der Waals surface area contributed by atoms with Gasteiger partial charge in [0.25, 0.3) is 0 Å². The van der Waals surface area contributed by atoms with E-state index in [2.05, 4.69) is 46.8 Å². The summed E-state index contributed by atoms with van der Waals surface area (Å²) in [6, 6.07) is 15.2. The van der Waals surface area contributed by atoms with Crippen LogP contribution >= 0.6 is 0 Å². The van der Waals surface area contributed by atoms with Crippen LogP contribution in [0.25, 0.3) is 22.3 Å². The molecule has 3 heteroatoms. The molecule has 0 unspecified atom stereocenters. The van der Waals surface area contributed by atoms with E-state index in [0.29, 0.717) is 6.04 Å². The fraction of sp³-hybridized carbons (Fsp3) is 0.263. The van der Waals surface area contributed by atoms with Crippen LogP contribution in [0.1, 0.15) is 36.4 Å². The smallest absolute Gasteiger partial charge is 0.141 e. The van der Waals surface area contributed by atoms with E-state index < -0.39 is 0 Å². The van der Waals surface area contributed by atoms with Crippen molar-refractivity contribution in [2.24, 2.45) is 0 Å². The van der Waals surface area contributed by atoms with Gasteiger partial charge in [-0.05, 0) is 43.9 Å². The second-order valence-electron chi connectivity index (χ2n) is 6.03. The van der Waals surface area contributed by atoms with Gasteiger partial charge in [0.1, 0.15) is 11.7 Å². The van der Waals surface area contributed by atoms with Crippen molar-refractivity contribution in [2.75, 3.05) is 0 Å². The Morgan fingerprint density at radius 2 is 1.95 bits per heavy atom. The molecule has 2 aromatic heterocycles. The highest BCUT2D eigenvalue weighted by Gasteiger charge is 2.28. The highest BCUT2D eigenvalue weighted by Crippen LogP contribution is 2.41. The van der Waals surface area contributed by atoms with Crippen molar-refractivity contribution >= 4 is 11.0 Å². The van der Waals surface area contributed by atoms with E-state index in [-0.39, 0.29) is 0 Å². The molecule has 1 aliphatic rings. The normalized spacial score (nSPS) is 14.7. The number of aryl methyl sites for hydroxylation is 1. The number of nitrogens with zero attached hydrogens (tertiary/aromatic N) is 3. The predicted molar refractivity (Wildman–Crippen MR) is 87.5 cm³/mol. The van der Waals surface area contributed by atoms with Crippen LogP contribution in [0.15, 0.2) is 42.6 Å². The molecular formula is C19H17N3. The lowest BCUT2D eigenvalue weighted by Gasteiger charge is -2.29. The van der Waals surface area contributed by atoms with Crippen LogP contribution in [-0.2, 0) is 0 Å². The predicted octanol–water partition coefficient (Wildman–Crippen LogP) is 4.61. The fourth-order valence-electron chi connectivity index (χ4n) is 3.25. The van der Waals surface area contributed by atoms with Gasteiger partial charge in [-0.1, -0.05) is 29.8 Å². The van der Waals surface area contributed by atoms with Crippen molar-refractivity contribution in [3.8, 4) is 17.3 Å². The molecule has 0 N–H and O–H groups in total. The molecule has 22 heavy (non-hydrogen) atoms. The maximum atomic E-state index is 9.73. The molecule has 1 saturated carbocycles. The fourth-order valence-corrected chi connectivity index (χ4v) is 3.25. The van der Waals surface area contributed by atoms with Crippen LogP contribution in [-0.4, -0.2) is 9.55 Å². The zero-order chi connectivity index (χ0) is 15.1. The van der Waals surface area contributed by atoms with Gasteiger partial charge in [-0.2, -0.15) is 5.26 Å². The van der Waals surface area contributed by atoms with Crippen molar-refractivity contribution in [3.05, 3.63) is 53.7 Å². The van der Waals surface area contributed by atoms with Crippen LogP contribution < -0.4 is 0 Å². The zero-order valence-electron chi connectivity index (χ0n) is 12.6. The molecule has 108 valence electrons. The lowest BCUT2D eigenvalue weighted by molar-refractivity contribution is 0.323. The van der Waals surface area contributed by atoms with Gasteiger partial charge in [0.2, 0.25) is 0 Å². The Hall–Kier alpha value is -2.60. The maximum absolute atomic E-state index is 9.73. The van der Waals surface area contributed by atoms with Gasteiger partial charge in [-0.25, -0.2) is 4.98 Å². The van der Waals surface area contributed by atoms with E-state index in [1.807, 2.05) is 18.3 Å². The topological polar surface area (TPSA) is 41.6 Å². The third kappa shape index (κ3) is 1.84. The summed E-state index contributed by atoms with van der Waals surface area (Å²) in [7, 11) is 0. The summed E-state index contributed by atoms with van der Waals surface area (Å²) in [4.78, 5) is 4.57. The molecule has 3 aromatic rings. The van der Waals surface area contributed by atoms with Crippen LogP contribution in [0.4, 0.5) is 0 Å². The van der Waals surface area contributed by atoms with E-state index in [1.54, 1.807) is 0 Å². The third-order valence-electron chi connectivity index (χ3n) is 4.64. The first-order valence-electron chi connectivity index (χ1n) is 7.75. The minimum absolute atomic E-state index is 0.468. The van der Waals surface area contributed by atoms with E-state index >= 15 is 0 Å². The second-order valence-corrected chi connectivity index (χ2v) is 6.03. The first-order chi connectivity index (χ1) is 10.8. The number of fused-ring (bicyclic) bond motifs is 1. The molecule has 1 aromatic carbocycles. The van der Waals surface area contributed by atoms with E-state index in [0.717, 1.165) is 27.9 Å². The maximum Gasteiger partial charge on any atom is 0.141 e. The SMILES string of the molecule is Cc1ccc(-c2c(C#N)c3cccnc3n2C2CCC2)cc1. The highest BCUT2D eigenvalue weighted by molar-refractivity contribution is 5.92. The van der Waals surface area contributed by atoms with E-state index in [1.165, 1.54) is 24.8 Å². The second kappa shape index (κ2) is 4.99. The number of rotatable bonds is 2. The number of aromatic nitrogens is 2. The number of hydrogen-bond acceptors (Lipinski definition) is 2. The summed E-state index contributed by atoms with van der Waals surface area (Å²) < 4.78 is 2.29. The number of nitriles is 1.